The van der Waals surface area contributed by atoms with Gasteiger partial charge in [0.1, 0.15) is 0 Å². The number of anilines is 2. The third kappa shape index (κ3) is 2.70. The van der Waals surface area contributed by atoms with Gasteiger partial charge < -0.3 is 5.73 Å². The predicted molar refractivity (Wildman–Crippen MR) is 86.0 cm³/mol. The van der Waals surface area contributed by atoms with Crippen molar-refractivity contribution in [1.29, 1.82) is 0 Å². The van der Waals surface area contributed by atoms with E-state index < -0.39 is 10.0 Å². The van der Waals surface area contributed by atoms with Gasteiger partial charge in [-0.3, -0.25) is 4.72 Å². The molecule has 108 valence electrons. The molecule has 0 unspecified atom stereocenters. The predicted octanol–water partition coefficient (Wildman–Crippen LogP) is 2.99. The summed E-state index contributed by atoms with van der Waals surface area (Å²) >= 11 is 1.46. The summed E-state index contributed by atoms with van der Waals surface area (Å²) in [5.74, 6) is 0. The molecule has 3 aromatic rings. The van der Waals surface area contributed by atoms with E-state index in [1.807, 2.05) is 6.92 Å². The minimum Gasteiger partial charge on any atom is -0.398 e. The third-order valence-electron chi connectivity index (χ3n) is 3.14. The molecule has 0 saturated carbocycles. The number of rotatable bonds is 3. The Bertz CT molecular complexity index is 917. The molecule has 0 bridgehead atoms. The highest BCUT2D eigenvalue weighted by Crippen LogP contribution is 2.24. The van der Waals surface area contributed by atoms with E-state index in [9.17, 15) is 8.42 Å². The first-order valence-corrected chi connectivity index (χ1v) is 8.54. The van der Waals surface area contributed by atoms with Gasteiger partial charge in [0.2, 0.25) is 0 Å². The number of nitrogen functional groups attached to an aromatic ring is 1. The van der Waals surface area contributed by atoms with Gasteiger partial charge in [-0.2, -0.15) is 0 Å². The molecule has 0 amide bonds. The second-order valence-corrected chi connectivity index (χ2v) is 7.23. The molecule has 0 aliphatic rings. The number of aryl methyl sites for hydroxylation is 1. The van der Waals surface area contributed by atoms with Crippen LogP contribution in [0.2, 0.25) is 0 Å². The number of hydrogen-bond donors (Lipinski definition) is 2. The lowest BCUT2D eigenvalue weighted by Crippen LogP contribution is -2.13. The molecular formula is C14H13N3O2S2. The minimum absolute atomic E-state index is 0.148. The standard InChI is InChI=1S/C14H13N3O2S2/c1-9-2-4-11(7-12(9)15)21(18,19)17-10-3-5-13-14(6-10)20-8-16-13/h2-8,17H,15H2,1H3. The van der Waals surface area contributed by atoms with Gasteiger partial charge in [-0.1, -0.05) is 6.07 Å². The first-order chi connectivity index (χ1) is 9.95. The SMILES string of the molecule is Cc1ccc(S(=O)(=O)Nc2ccc3ncsc3c2)cc1N. The summed E-state index contributed by atoms with van der Waals surface area (Å²) in [5, 5.41) is 0. The first-order valence-electron chi connectivity index (χ1n) is 6.18. The zero-order valence-electron chi connectivity index (χ0n) is 11.2. The van der Waals surface area contributed by atoms with Crippen molar-refractivity contribution in [3.8, 4) is 0 Å². The summed E-state index contributed by atoms with van der Waals surface area (Å²) in [4.78, 5) is 4.31. The fraction of sp³-hybridized carbons (Fsp3) is 0.0714. The fourth-order valence-electron chi connectivity index (χ4n) is 1.92. The van der Waals surface area contributed by atoms with Crippen LogP contribution >= 0.6 is 11.3 Å². The fourth-order valence-corrected chi connectivity index (χ4v) is 3.72. The van der Waals surface area contributed by atoms with Gasteiger partial charge in [-0.15, -0.1) is 11.3 Å². The van der Waals surface area contributed by atoms with Crippen LogP contribution in [0.4, 0.5) is 11.4 Å². The maximum Gasteiger partial charge on any atom is 0.261 e. The van der Waals surface area contributed by atoms with Crippen LogP contribution in [0.25, 0.3) is 10.2 Å². The number of benzene rings is 2. The van der Waals surface area contributed by atoms with Gasteiger partial charge in [-0.25, -0.2) is 13.4 Å². The highest BCUT2D eigenvalue weighted by Gasteiger charge is 2.15. The van der Waals surface area contributed by atoms with Crippen LogP contribution < -0.4 is 10.5 Å². The molecule has 0 saturated heterocycles. The van der Waals surface area contributed by atoms with Crippen LogP contribution in [0.15, 0.2) is 46.8 Å². The Morgan fingerprint density at radius 3 is 2.76 bits per heavy atom. The van der Waals surface area contributed by atoms with Crippen molar-refractivity contribution in [3.05, 3.63) is 47.5 Å². The van der Waals surface area contributed by atoms with Crippen molar-refractivity contribution >= 4 is 43.0 Å². The number of hydrogen-bond acceptors (Lipinski definition) is 5. The molecule has 0 spiro atoms. The summed E-state index contributed by atoms with van der Waals surface area (Å²) in [5.41, 5.74) is 10.2. The number of thiazole rings is 1. The molecule has 0 aliphatic heterocycles. The second-order valence-electron chi connectivity index (χ2n) is 4.66. The maximum absolute atomic E-state index is 12.4. The Morgan fingerprint density at radius 1 is 1.19 bits per heavy atom. The van der Waals surface area contributed by atoms with Crippen molar-refractivity contribution < 1.29 is 8.42 Å². The lowest BCUT2D eigenvalue weighted by molar-refractivity contribution is 0.601. The average Bonchev–Trinajstić information content (AvgIpc) is 2.88. The van der Waals surface area contributed by atoms with Gasteiger partial charge in [0.25, 0.3) is 10.0 Å². The molecule has 5 nitrogen and oxygen atoms in total. The normalized spacial score (nSPS) is 11.7. The van der Waals surface area contributed by atoms with Crippen LogP contribution in [0.3, 0.4) is 0 Å². The zero-order valence-corrected chi connectivity index (χ0v) is 12.8. The number of nitrogens with two attached hydrogens (primary N) is 1. The number of fused-ring (bicyclic) bond motifs is 1. The molecule has 0 atom stereocenters. The van der Waals surface area contributed by atoms with E-state index in [2.05, 4.69) is 9.71 Å². The molecular weight excluding hydrogens is 306 g/mol. The Morgan fingerprint density at radius 2 is 2.00 bits per heavy atom. The quantitative estimate of drug-likeness (QED) is 0.727. The van der Waals surface area contributed by atoms with E-state index in [4.69, 9.17) is 5.73 Å². The van der Waals surface area contributed by atoms with Crippen LogP contribution in [0, 0.1) is 6.92 Å². The summed E-state index contributed by atoms with van der Waals surface area (Å²) < 4.78 is 28.2. The Kier molecular flexibility index (Phi) is 3.30. The van der Waals surface area contributed by atoms with Crippen molar-refractivity contribution in [1.82, 2.24) is 4.98 Å². The molecule has 0 fully saturated rings. The van der Waals surface area contributed by atoms with E-state index in [1.54, 1.807) is 35.8 Å². The van der Waals surface area contributed by atoms with E-state index in [1.165, 1.54) is 17.4 Å². The molecule has 0 radical (unpaired) electrons. The zero-order chi connectivity index (χ0) is 15.0. The Hall–Kier alpha value is -2.12. The molecule has 3 rings (SSSR count). The lowest BCUT2D eigenvalue weighted by atomic mass is 10.2. The molecule has 2 aromatic carbocycles. The lowest BCUT2D eigenvalue weighted by Gasteiger charge is -2.09. The third-order valence-corrected chi connectivity index (χ3v) is 5.32. The number of aromatic nitrogens is 1. The number of nitrogens with zero attached hydrogens (tertiary/aromatic N) is 1. The van der Waals surface area contributed by atoms with E-state index in [-0.39, 0.29) is 4.90 Å². The van der Waals surface area contributed by atoms with Crippen molar-refractivity contribution in [2.24, 2.45) is 0 Å². The van der Waals surface area contributed by atoms with E-state index >= 15 is 0 Å². The highest BCUT2D eigenvalue weighted by molar-refractivity contribution is 7.92. The van der Waals surface area contributed by atoms with Crippen LogP contribution in [-0.4, -0.2) is 13.4 Å². The topological polar surface area (TPSA) is 85.1 Å². The number of nitrogens with one attached hydrogen (secondary N) is 1. The summed E-state index contributed by atoms with van der Waals surface area (Å²) in [6.45, 7) is 1.83. The van der Waals surface area contributed by atoms with Crippen molar-refractivity contribution in [2.75, 3.05) is 10.5 Å². The summed E-state index contributed by atoms with van der Waals surface area (Å²) in [6, 6.07) is 9.94. The summed E-state index contributed by atoms with van der Waals surface area (Å²) in [6.07, 6.45) is 0. The summed E-state index contributed by atoms with van der Waals surface area (Å²) in [7, 11) is -3.65. The molecule has 3 N–H and O–H groups in total. The molecule has 0 aliphatic carbocycles. The molecule has 21 heavy (non-hydrogen) atoms. The number of sulfonamides is 1. The minimum atomic E-state index is -3.65. The van der Waals surface area contributed by atoms with Crippen molar-refractivity contribution in [3.63, 3.8) is 0 Å². The van der Waals surface area contributed by atoms with Crippen LogP contribution in [0.5, 0.6) is 0 Å². The molecule has 1 aromatic heterocycles. The van der Waals surface area contributed by atoms with Gasteiger partial charge in [0.05, 0.1) is 26.3 Å². The molecule has 7 heteroatoms. The monoisotopic (exact) mass is 319 g/mol. The van der Waals surface area contributed by atoms with Crippen LogP contribution in [0.1, 0.15) is 5.56 Å². The Labute approximate surface area is 126 Å². The highest BCUT2D eigenvalue weighted by atomic mass is 32.2. The molecule has 1 heterocycles. The second kappa shape index (κ2) is 5.01. The largest absolute Gasteiger partial charge is 0.398 e. The first kappa shape index (κ1) is 13.8. The van der Waals surface area contributed by atoms with Crippen molar-refractivity contribution in [2.45, 2.75) is 11.8 Å². The smallest absolute Gasteiger partial charge is 0.261 e. The average molecular weight is 319 g/mol. The van der Waals surface area contributed by atoms with Crippen LogP contribution in [-0.2, 0) is 10.0 Å². The van der Waals surface area contributed by atoms with E-state index in [0.29, 0.717) is 11.4 Å². The Balaban J connectivity index is 1.96. The van der Waals surface area contributed by atoms with Gasteiger partial charge in [0.15, 0.2) is 0 Å². The maximum atomic E-state index is 12.4. The van der Waals surface area contributed by atoms with E-state index in [0.717, 1.165) is 15.8 Å². The van der Waals surface area contributed by atoms with Gasteiger partial charge in [-0.05, 0) is 42.8 Å². The van der Waals surface area contributed by atoms with Gasteiger partial charge >= 0.3 is 0 Å². The van der Waals surface area contributed by atoms with Gasteiger partial charge in [0, 0.05) is 5.69 Å².